The molecule has 0 saturated heterocycles. The first-order chi connectivity index (χ1) is 9.94. The van der Waals surface area contributed by atoms with Crippen molar-refractivity contribution in [2.24, 2.45) is 0 Å². The number of nitrogens with zero attached hydrogens (tertiary/aromatic N) is 2. The Hall–Kier alpha value is -1.88. The van der Waals surface area contributed by atoms with Gasteiger partial charge in [-0.2, -0.15) is 0 Å². The molecule has 0 radical (unpaired) electrons. The third-order valence-electron chi connectivity index (χ3n) is 2.90. The van der Waals surface area contributed by atoms with Gasteiger partial charge in [0.15, 0.2) is 5.16 Å². The minimum Gasteiger partial charge on any atom is -0.325 e. The number of thioether (sulfide) groups is 1. The van der Waals surface area contributed by atoms with Crippen molar-refractivity contribution in [1.82, 2.24) is 9.97 Å². The van der Waals surface area contributed by atoms with E-state index in [0.29, 0.717) is 5.16 Å². The van der Waals surface area contributed by atoms with Gasteiger partial charge in [0.1, 0.15) is 0 Å². The van der Waals surface area contributed by atoms with E-state index in [1.165, 1.54) is 11.8 Å². The number of aromatic nitrogens is 2. The smallest absolute Gasteiger partial charge is 0.237 e. The molecule has 1 aromatic carbocycles. The lowest BCUT2D eigenvalue weighted by Gasteiger charge is -2.12. The van der Waals surface area contributed by atoms with E-state index in [9.17, 15) is 4.79 Å². The lowest BCUT2D eigenvalue weighted by Crippen LogP contribution is -2.22. The van der Waals surface area contributed by atoms with E-state index < -0.39 is 0 Å². The molecule has 1 aromatic heterocycles. The van der Waals surface area contributed by atoms with Crippen LogP contribution in [-0.4, -0.2) is 21.1 Å². The minimum atomic E-state index is -0.258. The van der Waals surface area contributed by atoms with E-state index in [0.717, 1.165) is 22.6 Å². The summed E-state index contributed by atoms with van der Waals surface area (Å²) in [5, 5.41) is 3.30. The Balaban J connectivity index is 2.02. The summed E-state index contributed by atoms with van der Waals surface area (Å²) in [5.41, 5.74) is 3.76. The van der Waals surface area contributed by atoms with Gasteiger partial charge in [-0.25, -0.2) is 9.97 Å². The molecule has 4 nitrogen and oxygen atoms in total. The average molecular weight is 301 g/mol. The molecule has 1 amide bonds. The Labute approximate surface area is 129 Å². The summed E-state index contributed by atoms with van der Waals surface area (Å²) in [4.78, 5) is 20.9. The fraction of sp³-hybridized carbons (Fsp3) is 0.312. The lowest BCUT2D eigenvalue weighted by atomic mass is 10.2. The SMILES string of the molecule is Cc1cccc(NC(=O)C(C)Sc2nc(C)cc(C)n2)c1. The molecule has 5 heteroatoms. The predicted octanol–water partition coefficient (Wildman–Crippen LogP) is 3.52. The van der Waals surface area contributed by atoms with Crippen LogP contribution in [0.4, 0.5) is 5.69 Å². The second-order valence-corrected chi connectivity index (χ2v) is 6.36. The largest absolute Gasteiger partial charge is 0.325 e. The zero-order valence-electron chi connectivity index (χ0n) is 12.7. The standard InChI is InChI=1S/C16H19N3OS/c1-10-6-5-7-14(8-10)19-15(20)13(4)21-16-17-11(2)9-12(3)18-16/h5-9,13H,1-4H3,(H,19,20). The number of anilines is 1. The Kier molecular flexibility index (Phi) is 4.96. The number of carbonyl (C=O) groups excluding carboxylic acids is 1. The van der Waals surface area contributed by atoms with Crippen LogP contribution in [0.3, 0.4) is 0 Å². The number of rotatable bonds is 4. The molecule has 1 atom stereocenters. The molecule has 0 bridgehead atoms. The summed E-state index contributed by atoms with van der Waals surface area (Å²) in [5.74, 6) is -0.0478. The van der Waals surface area contributed by atoms with E-state index in [-0.39, 0.29) is 11.2 Å². The third kappa shape index (κ3) is 4.56. The van der Waals surface area contributed by atoms with Gasteiger partial charge >= 0.3 is 0 Å². The number of amides is 1. The van der Waals surface area contributed by atoms with Crippen LogP contribution in [0, 0.1) is 20.8 Å². The minimum absolute atomic E-state index is 0.0478. The van der Waals surface area contributed by atoms with Gasteiger partial charge in [0.2, 0.25) is 5.91 Å². The van der Waals surface area contributed by atoms with Crippen molar-refractivity contribution in [3.05, 3.63) is 47.3 Å². The summed E-state index contributed by atoms with van der Waals surface area (Å²) >= 11 is 1.37. The van der Waals surface area contributed by atoms with Crippen LogP contribution in [0.1, 0.15) is 23.9 Å². The number of hydrogen-bond donors (Lipinski definition) is 1. The summed E-state index contributed by atoms with van der Waals surface area (Å²) in [6.45, 7) is 7.71. The van der Waals surface area contributed by atoms with Gasteiger partial charge in [-0.3, -0.25) is 4.79 Å². The highest BCUT2D eigenvalue weighted by Crippen LogP contribution is 2.21. The molecule has 2 aromatic rings. The van der Waals surface area contributed by atoms with Gasteiger partial charge in [0.05, 0.1) is 5.25 Å². The summed E-state index contributed by atoms with van der Waals surface area (Å²) in [6, 6.07) is 9.67. The van der Waals surface area contributed by atoms with E-state index in [4.69, 9.17) is 0 Å². The molecule has 0 fully saturated rings. The van der Waals surface area contributed by atoms with Crippen LogP contribution in [0.25, 0.3) is 0 Å². The van der Waals surface area contributed by atoms with Crippen molar-refractivity contribution in [2.75, 3.05) is 5.32 Å². The number of benzene rings is 1. The quantitative estimate of drug-likeness (QED) is 0.693. The van der Waals surface area contributed by atoms with Gasteiger partial charge in [-0.05, 0) is 51.5 Å². The molecule has 0 aliphatic heterocycles. The maximum Gasteiger partial charge on any atom is 0.237 e. The van der Waals surface area contributed by atoms with E-state index in [1.807, 2.05) is 58.0 Å². The van der Waals surface area contributed by atoms with Crippen molar-refractivity contribution in [3.63, 3.8) is 0 Å². The van der Waals surface area contributed by atoms with Gasteiger partial charge < -0.3 is 5.32 Å². The van der Waals surface area contributed by atoms with Crippen LogP contribution in [0.5, 0.6) is 0 Å². The molecule has 1 heterocycles. The highest BCUT2D eigenvalue weighted by molar-refractivity contribution is 8.00. The van der Waals surface area contributed by atoms with E-state index in [1.54, 1.807) is 0 Å². The van der Waals surface area contributed by atoms with E-state index in [2.05, 4.69) is 15.3 Å². The Morgan fingerprint density at radius 3 is 2.43 bits per heavy atom. The van der Waals surface area contributed by atoms with Crippen molar-refractivity contribution in [1.29, 1.82) is 0 Å². The monoisotopic (exact) mass is 301 g/mol. The van der Waals surface area contributed by atoms with Crippen molar-refractivity contribution >= 4 is 23.4 Å². The molecule has 110 valence electrons. The van der Waals surface area contributed by atoms with E-state index >= 15 is 0 Å². The fourth-order valence-electron chi connectivity index (χ4n) is 1.92. The summed E-state index contributed by atoms with van der Waals surface area (Å²) in [7, 11) is 0. The summed E-state index contributed by atoms with van der Waals surface area (Å²) < 4.78 is 0. The van der Waals surface area contributed by atoms with Gasteiger partial charge in [-0.1, -0.05) is 23.9 Å². The highest BCUT2D eigenvalue weighted by atomic mass is 32.2. The first kappa shape index (κ1) is 15.5. The molecular formula is C16H19N3OS. The second-order valence-electron chi connectivity index (χ2n) is 5.05. The molecule has 0 spiro atoms. The third-order valence-corrected chi connectivity index (χ3v) is 3.86. The molecule has 1 unspecified atom stereocenters. The Morgan fingerprint density at radius 1 is 1.14 bits per heavy atom. The van der Waals surface area contributed by atoms with Crippen LogP contribution >= 0.6 is 11.8 Å². The van der Waals surface area contributed by atoms with Gasteiger partial charge in [0, 0.05) is 17.1 Å². The molecular weight excluding hydrogens is 282 g/mol. The molecule has 1 N–H and O–H groups in total. The number of carbonyl (C=O) groups is 1. The first-order valence-corrected chi connectivity index (χ1v) is 7.68. The number of aryl methyl sites for hydroxylation is 3. The predicted molar refractivity (Wildman–Crippen MR) is 86.6 cm³/mol. The molecule has 0 aliphatic carbocycles. The van der Waals surface area contributed by atoms with Gasteiger partial charge in [-0.15, -0.1) is 0 Å². The maximum atomic E-state index is 12.2. The van der Waals surface area contributed by atoms with Gasteiger partial charge in [0.25, 0.3) is 0 Å². The molecule has 2 rings (SSSR count). The lowest BCUT2D eigenvalue weighted by molar-refractivity contribution is -0.115. The van der Waals surface area contributed by atoms with Crippen LogP contribution < -0.4 is 5.32 Å². The summed E-state index contributed by atoms with van der Waals surface area (Å²) in [6.07, 6.45) is 0. The highest BCUT2D eigenvalue weighted by Gasteiger charge is 2.16. The topological polar surface area (TPSA) is 54.9 Å². The fourth-order valence-corrected chi connectivity index (χ4v) is 2.80. The maximum absolute atomic E-state index is 12.2. The average Bonchev–Trinajstić information content (AvgIpc) is 2.37. The zero-order chi connectivity index (χ0) is 15.4. The van der Waals surface area contributed by atoms with Crippen molar-refractivity contribution < 1.29 is 4.79 Å². The van der Waals surface area contributed by atoms with Crippen molar-refractivity contribution in [2.45, 2.75) is 38.1 Å². The second kappa shape index (κ2) is 6.72. The zero-order valence-corrected chi connectivity index (χ0v) is 13.5. The van der Waals surface area contributed by atoms with Crippen LogP contribution in [0.15, 0.2) is 35.5 Å². The number of nitrogens with one attached hydrogen (secondary N) is 1. The molecule has 0 aliphatic rings. The van der Waals surface area contributed by atoms with Crippen LogP contribution in [0.2, 0.25) is 0 Å². The molecule has 21 heavy (non-hydrogen) atoms. The Bertz CT molecular complexity index is 637. The number of hydrogen-bond acceptors (Lipinski definition) is 4. The normalized spacial score (nSPS) is 12.0. The first-order valence-electron chi connectivity index (χ1n) is 6.80. The molecule has 0 saturated carbocycles. The van der Waals surface area contributed by atoms with Crippen LogP contribution in [-0.2, 0) is 4.79 Å². The Morgan fingerprint density at radius 2 is 1.81 bits per heavy atom. The van der Waals surface area contributed by atoms with Crippen molar-refractivity contribution in [3.8, 4) is 0 Å².